The molecule has 0 spiro atoms. The number of aryl methyl sites for hydroxylation is 1. The second kappa shape index (κ2) is 5.50. The van der Waals surface area contributed by atoms with E-state index in [1.54, 1.807) is 5.56 Å². The molecule has 2 unspecified atom stereocenters. The summed E-state index contributed by atoms with van der Waals surface area (Å²) in [7, 11) is 0. The molecular weight excluding hydrogens is 244 g/mol. The number of hydrogen-bond donors (Lipinski definition) is 1. The Hall–Kier alpha value is -0.730. The van der Waals surface area contributed by atoms with Crippen molar-refractivity contribution in [3.63, 3.8) is 0 Å². The summed E-state index contributed by atoms with van der Waals surface area (Å²) in [5.74, 6) is 1.66. The number of fused-ring (bicyclic) bond motifs is 3. The highest BCUT2D eigenvalue weighted by Gasteiger charge is 2.36. The fourth-order valence-corrected chi connectivity index (χ4v) is 3.65. The summed E-state index contributed by atoms with van der Waals surface area (Å²) in [6, 6.07) is 6.54. The van der Waals surface area contributed by atoms with Crippen LogP contribution in [0, 0.1) is 5.92 Å². The van der Waals surface area contributed by atoms with E-state index in [1.807, 2.05) is 0 Å². The van der Waals surface area contributed by atoms with Gasteiger partial charge in [-0.25, -0.2) is 0 Å². The Kier molecular flexibility index (Phi) is 4.18. The van der Waals surface area contributed by atoms with Crippen molar-refractivity contribution in [2.75, 3.05) is 25.4 Å². The zero-order chi connectivity index (χ0) is 11.8. The topological polar surface area (TPSA) is 29.3 Å². The number of rotatable bonds is 2. The van der Waals surface area contributed by atoms with Gasteiger partial charge in [-0.15, -0.1) is 12.4 Å². The molecule has 1 aliphatic heterocycles. The Labute approximate surface area is 116 Å². The molecule has 1 aliphatic carbocycles. The van der Waals surface area contributed by atoms with Crippen LogP contribution in [0.25, 0.3) is 0 Å². The molecule has 3 rings (SSSR count). The van der Waals surface area contributed by atoms with Crippen LogP contribution in [-0.4, -0.2) is 24.5 Å². The molecule has 0 saturated carbocycles. The standard InChI is InChI=1S/C15H22N2.ClH/c1-2-7-17-9-12-4-3-11-8-13(16)5-6-14(11)15(12)10-17;/h5-6,8,12,15H,2-4,7,9-10,16H2,1H3;1H. The number of halogens is 1. The fourth-order valence-electron chi connectivity index (χ4n) is 3.65. The minimum absolute atomic E-state index is 0. The second-order valence-electron chi connectivity index (χ2n) is 5.62. The Bertz CT molecular complexity index is 419. The number of likely N-dealkylation sites (tertiary alicyclic amines) is 1. The lowest BCUT2D eigenvalue weighted by molar-refractivity contribution is 0.322. The van der Waals surface area contributed by atoms with Crippen molar-refractivity contribution in [1.82, 2.24) is 4.90 Å². The largest absolute Gasteiger partial charge is 0.399 e. The molecule has 1 saturated heterocycles. The molecule has 1 heterocycles. The van der Waals surface area contributed by atoms with E-state index in [2.05, 4.69) is 30.0 Å². The third-order valence-corrected chi connectivity index (χ3v) is 4.41. The number of nitrogens with zero attached hydrogens (tertiary/aromatic N) is 1. The average Bonchev–Trinajstić information content (AvgIpc) is 2.72. The number of nitrogens with two attached hydrogens (primary N) is 1. The third kappa shape index (κ3) is 2.36. The van der Waals surface area contributed by atoms with E-state index in [-0.39, 0.29) is 12.4 Å². The molecule has 2 nitrogen and oxygen atoms in total. The summed E-state index contributed by atoms with van der Waals surface area (Å²) in [5.41, 5.74) is 9.89. The van der Waals surface area contributed by atoms with Crippen molar-refractivity contribution >= 4 is 18.1 Å². The van der Waals surface area contributed by atoms with Gasteiger partial charge in [-0.05, 0) is 55.0 Å². The molecule has 2 aliphatic rings. The summed E-state index contributed by atoms with van der Waals surface area (Å²) < 4.78 is 0. The molecule has 1 aromatic rings. The molecule has 1 aromatic carbocycles. The predicted octanol–water partition coefficient (Wildman–Crippen LogP) is 3.06. The molecule has 18 heavy (non-hydrogen) atoms. The molecular formula is C15H23ClN2. The zero-order valence-electron chi connectivity index (χ0n) is 11.1. The highest BCUT2D eigenvalue weighted by atomic mass is 35.5. The Morgan fingerprint density at radius 1 is 1.33 bits per heavy atom. The third-order valence-electron chi connectivity index (χ3n) is 4.41. The molecule has 1 fully saturated rings. The Balaban J connectivity index is 0.00000120. The van der Waals surface area contributed by atoms with E-state index >= 15 is 0 Å². The van der Waals surface area contributed by atoms with Gasteiger partial charge in [0.25, 0.3) is 0 Å². The fraction of sp³-hybridized carbons (Fsp3) is 0.600. The van der Waals surface area contributed by atoms with Crippen LogP contribution in [0.5, 0.6) is 0 Å². The highest BCUT2D eigenvalue weighted by molar-refractivity contribution is 5.85. The van der Waals surface area contributed by atoms with Crippen LogP contribution in [0.2, 0.25) is 0 Å². The normalized spacial score (nSPS) is 26.3. The lowest BCUT2D eigenvalue weighted by Gasteiger charge is -2.27. The van der Waals surface area contributed by atoms with E-state index in [1.165, 1.54) is 44.5 Å². The van der Waals surface area contributed by atoms with Crippen molar-refractivity contribution < 1.29 is 0 Å². The summed E-state index contributed by atoms with van der Waals surface area (Å²) >= 11 is 0. The van der Waals surface area contributed by atoms with Gasteiger partial charge >= 0.3 is 0 Å². The van der Waals surface area contributed by atoms with Gasteiger partial charge in [0, 0.05) is 24.7 Å². The number of benzene rings is 1. The van der Waals surface area contributed by atoms with Crippen LogP contribution < -0.4 is 5.73 Å². The number of nitrogen functional groups attached to an aromatic ring is 1. The maximum atomic E-state index is 5.88. The number of hydrogen-bond acceptors (Lipinski definition) is 2. The average molecular weight is 267 g/mol. The molecule has 100 valence electrons. The van der Waals surface area contributed by atoms with Crippen molar-refractivity contribution in [2.24, 2.45) is 5.92 Å². The molecule has 0 radical (unpaired) electrons. The summed E-state index contributed by atoms with van der Waals surface area (Å²) in [5, 5.41) is 0. The van der Waals surface area contributed by atoms with E-state index < -0.39 is 0 Å². The van der Waals surface area contributed by atoms with Crippen molar-refractivity contribution in [2.45, 2.75) is 32.1 Å². The van der Waals surface area contributed by atoms with Gasteiger partial charge in [0.2, 0.25) is 0 Å². The lowest BCUT2D eigenvalue weighted by atomic mass is 9.77. The maximum Gasteiger partial charge on any atom is 0.0316 e. The minimum atomic E-state index is 0. The molecule has 0 bridgehead atoms. The van der Waals surface area contributed by atoms with Crippen molar-refractivity contribution in [1.29, 1.82) is 0 Å². The Morgan fingerprint density at radius 2 is 2.17 bits per heavy atom. The van der Waals surface area contributed by atoms with Gasteiger partial charge < -0.3 is 10.6 Å². The van der Waals surface area contributed by atoms with E-state index in [9.17, 15) is 0 Å². The van der Waals surface area contributed by atoms with Crippen molar-refractivity contribution in [3.8, 4) is 0 Å². The van der Waals surface area contributed by atoms with Crippen LogP contribution in [-0.2, 0) is 6.42 Å². The van der Waals surface area contributed by atoms with Gasteiger partial charge in [-0.2, -0.15) is 0 Å². The first-order chi connectivity index (χ1) is 8.28. The Morgan fingerprint density at radius 3 is 2.94 bits per heavy atom. The first-order valence-electron chi connectivity index (χ1n) is 6.88. The van der Waals surface area contributed by atoms with Gasteiger partial charge in [0.05, 0.1) is 0 Å². The van der Waals surface area contributed by atoms with Gasteiger partial charge in [0.1, 0.15) is 0 Å². The van der Waals surface area contributed by atoms with Crippen LogP contribution in [0.15, 0.2) is 18.2 Å². The molecule has 3 heteroatoms. The lowest BCUT2D eigenvalue weighted by Crippen LogP contribution is -2.21. The first-order valence-corrected chi connectivity index (χ1v) is 6.88. The van der Waals surface area contributed by atoms with E-state index in [4.69, 9.17) is 5.73 Å². The van der Waals surface area contributed by atoms with Crippen LogP contribution in [0.1, 0.15) is 36.8 Å². The maximum absolute atomic E-state index is 5.88. The summed E-state index contributed by atoms with van der Waals surface area (Å²) in [6.07, 6.45) is 3.84. The van der Waals surface area contributed by atoms with Crippen LogP contribution in [0.4, 0.5) is 5.69 Å². The van der Waals surface area contributed by atoms with E-state index in [0.717, 1.165) is 17.5 Å². The van der Waals surface area contributed by atoms with Gasteiger partial charge in [-0.1, -0.05) is 13.0 Å². The SMILES string of the molecule is CCCN1CC2CCc3cc(N)ccc3C2C1.Cl. The smallest absolute Gasteiger partial charge is 0.0316 e. The molecule has 2 N–H and O–H groups in total. The van der Waals surface area contributed by atoms with Crippen molar-refractivity contribution in [3.05, 3.63) is 29.3 Å². The quantitative estimate of drug-likeness (QED) is 0.834. The second-order valence-corrected chi connectivity index (χ2v) is 5.62. The summed E-state index contributed by atoms with van der Waals surface area (Å²) in [6.45, 7) is 6.10. The molecule has 0 amide bonds. The van der Waals surface area contributed by atoms with Crippen LogP contribution in [0.3, 0.4) is 0 Å². The highest BCUT2D eigenvalue weighted by Crippen LogP contribution is 2.41. The van der Waals surface area contributed by atoms with Crippen LogP contribution >= 0.6 is 12.4 Å². The van der Waals surface area contributed by atoms with Gasteiger partial charge in [-0.3, -0.25) is 0 Å². The predicted molar refractivity (Wildman–Crippen MR) is 79.4 cm³/mol. The summed E-state index contributed by atoms with van der Waals surface area (Å²) in [4.78, 5) is 2.64. The van der Waals surface area contributed by atoms with E-state index in [0.29, 0.717) is 0 Å². The first kappa shape index (κ1) is 13.7. The monoisotopic (exact) mass is 266 g/mol. The minimum Gasteiger partial charge on any atom is -0.399 e. The zero-order valence-corrected chi connectivity index (χ0v) is 11.9. The molecule has 0 aromatic heterocycles. The van der Waals surface area contributed by atoms with Gasteiger partial charge in [0.15, 0.2) is 0 Å². The molecule has 2 atom stereocenters. The number of anilines is 1.